The molecule has 78 valence electrons. The number of alkyl halides is 1. The summed E-state index contributed by atoms with van der Waals surface area (Å²) in [6.45, 7) is 3.65. The summed E-state index contributed by atoms with van der Waals surface area (Å²) in [6.07, 6.45) is 7.00. The molecule has 1 saturated carbocycles. The van der Waals surface area contributed by atoms with Gasteiger partial charge in [0.25, 0.3) is 0 Å². The number of rotatable bonds is 4. The van der Waals surface area contributed by atoms with Crippen LogP contribution in [0.1, 0.15) is 39.0 Å². The number of hydrogen-bond donors (Lipinski definition) is 0. The van der Waals surface area contributed by atoms with Gasteiger partial charge in [0.2, 0.25) is 0 Å². The van der Waals surface area contributed by atoms with Gasteiger partial charge in [0.1, 0.15) is 0 Å². The number of hydrogen-bond acceptors (Lipinski definition) is 1. The molecule has 0 aliphatic heterocycles. The third kappa shape index (κ3) is 3.99. The van der Waals surface area contributed by atoms with Crippen LogP contribution in [0.15, 0.2) is 0 Å². The summed E-state index contributed by atoms with van der Waals surface area (Å²) < 4.78 is 0. The maximum Gasteiger partial charge on any atom is 0.00947 e. The molecule has 1 fully saturated rings. The van der Waals surface area contributed by atoms with Crippen molar-refractivity contribution < 1.29 is 0 Å². The average Bonchev–Trinajstić information content (AvgIpc) is 2.14. The fraction of sp³-hybridized carbons (Fsp3) is 1.00. The lowest BCUT2D eigenvalue weighted by atomic mass is 9.86. The minimum Gasteiger partial charge on any atom is -0.303 e. The maximum absolute atomic E-state index is 3.49. The zero-order chi connectivity index (χ0) is 9.68. The molecule has 0 aromatic rings. The van der Waals surface area contributed by atoms with E-state index in [0.717, 1.165) is 17.3 Å². The third-order valence-corrected chi connectivity index (χ3v) is 3.74. The van der Waals surface area contributed by atoms with Gasteiger partial charge in [-0.25, -0.2) is 0 Å². The molecule has 0 aromatic heterocycles. The lowest BCUT2D eigenvalue weighted by molar-refractivity contribution is 0.165. The molecule has 0 saturated heterocycles. The molecule has 1 aliphatic rings. The van der Waals surface area contributed by atoms with Crippen molar-refractivity contribution in [3.8, 4) is 0 Å². The Morgan fingerprint density at radius 3 is 2.77 bits per heavy atom. The van der Waals surface area contributed by atoms with E-state index in [4.69, 9.17) is 0 Å². The first-order valence-corrected chi connectivity index (χ1v) is 6.62. The molecule has 1 rings (SSSR count). The fourth-order valence-electron chi connectivity index (χ4n) is 2.29. The van der Waals surface area contributed by atoms with E-state index >= 15 is 0 Å². The van der Waals surface area contributed by atoms with Crippen LogP contribution >= 0.6 is 15.9 Å². The molecule has 0 N–H and O–H groups in total. The maximum atomic E-state index is 3.49. The predicted molar refractivity (Wildman–Crippen MR) is 62.5 cm³/mol. The van der Waals surface area contributed by atoms with Gasteiger partial charge in [-0.2, -0.15) is 0 Å². The smallest absolute Gasteiger partial charge is 0.00947 e. The van der Waals surface area contributed by atoms with Crippen molar-refractivity contribution in [3.63, 3.8) is 0 Å². The summed E-state index contributed by atoms with van der Waals surface area (Å²) in [6, 6.07) is 0.864. The van der Waals surface area contributed by atoms with Gasteiger partial charge in [-0.3, -0.25) is 0 Å². The molecule has 1 nitrogen and oxygen atoms in total. The predicted octanol–water partition coefficient (Wildman–Crippen LogP) is 3.28. The highest BCUT2D eigenvalue weighted by atomic mass is 79.9. The first kappa shape index (κ1) is 11.5. The van der Waals surface area contributed by atoms with Crippen molar-refractivity contribution in [2.45, 2.75) is 45.1 Å². The van der Waals surface area contributed by atoms with Crippen LogP contribution in [0.2, 0.25) is 0 Å². The molecule has 0 spiro atoms. The Balaban J connectivity index is 2.24. The van der Waals surface area contributed by atoms with E-state index in [1.165, 1.54) is 38.6 Å². The molecule has 0 bridgehead atoms. The summed E-state index contributed by atoms with van der Waals surface area (Å²) in [5, 5.41) is 1.14. The van der Waals surface area contributed by atoms with Crippen LogP contribution in [0.3, 0.4) is 0 Å². The van der Waals surface area contributed by atoms with Gasteiger partial charge in [0.15, 0.2) is 0 Å². The number of nitrogens with zero attached hydrogens (tertiary/aromatic N) is 1. The van der Waals surface area contributed by atoms with Crippen LogP contribution in [-0.2, 0) is 0 Å². The van der Waals surface area contributed by atoms with Gasteiger partial charge < -0.3 is 4.90 Å². The molecule has 2 atom stereocenters. The van der Waals surface area contributed by atoms with Crippen LogP contribution in [-0.4, -0.2) is 29.9 Å². The first-order chi connectivity index (χ1) is 6.24. The summed E-state index contributed by atoms with van der Waals surface area (Å²) in [5.41, 5.74) is 0. The highest BCUT2D eigenvalue weighted by molar-refractivity contribution is 9.09. The van der Waals surface area contributed by atoms with E-state index in [9.17, 15) is 0 Å². The topological polar surface area (TPSA) is 3.24 Å². The lowest BCUT2D eigenvalue weighted by Gasteiger charge is -2.34. The van der Waals surface area contributed by atoms with Gasteiger partial charge in [0, 0.05) is 11.4 Å². The molecule has 2 unspecified atom stereocenters. The number of halogens is 1. The lowest BCUT2D eigenvalue weighted by Crippen LogP contribution is -2.36. The Kier molecular flexibility index (Phi) is 5.34. The molecule has 2 heteroatoms. The minimum absolute atomic E-state index is 0.864. The van der Waals surface area contributed by atoms with Crippen molar-refractivity contribution in [1.82, 2.24) is 4.90 Å². The highest BCUT2D eigenvalue weighted by Crippen LogP contribution is 2.26. The van der Waals surface area contributed by atoms with Crippen molar-refractivity contribution in [2.75, 3.05) is 18.9 Å². The van der Waals surface area contributed by atoms with Crippen LogP contribution in [0.25, 0.3) is 0 Å². The van der Waals surface area contributed by atoms with Crippen molar-refractivity contribution >= 4 is 15.9 Å². The van der Waals surface area contributed by atoms with E-state index in [1.54, 1.807) is 0 Å². The molecule has 0 radical (unpaired) electrons. The zero-order valence-electron chi connectivity index (χ0n) is 8.93. The van der Waals surface area contributed by atoms with Gasteiger partial charge in [-0.15, -0.1) is 0 Å². The monoisotopic (exact) mass is 247 g/mol. The SMILES string of the molecule is CC1CCCC(N(C)CCCBr)C1. The van der Waals surface area contributed by atoms with Crippen molar-refractivity contribution in [2.24, 2.45) is 5.92 Å². The van der Waals surface area contributed by atoms with E-state index in [2.05, 4.69) is 34.8 Å². The van der Waals surface area contributed by atoms with E-state index in [0.29, 0.717) is 0 Å². The second kappa shape index (κ2) is 6.02. The summed E-state index contributed by atoms with van der Waals surface area (Å²) in [4.78, 5) is 2.55. The van der Waals surface area contributed by atoms with Crippen molar-refractivity contribution in [1.29, 1.82) is 0 Å². The van der Waals surface area contributed by atoms with Crippen LogP contribution in [0.5, 0.6) is 0 Å². The van der Waals surface area contributed by atoms with E-state index in [-0.39, 0.29) is 0 Å². The van der Waals surface area contributed by atoms with E-state index < -0.39 is 0 Å². The third-order valence-electron chi connectivity index (χ3n) is 3.18. The second-order valence-corrected chi connectivity index (χ2v) is 5.24. The van der Waals surface area contributed by atoms with Crippen LogP contribution in [0, 0.1) is 5.92 Å². The molecule has 1 aliphatic carbocycles. The molecule has 0 heterocycles. The zero-order valence-corrected chi connectivity index (χ0v) is 10.5. The fourth-order valence-corrected chi connectivity index (χ4v) is 2.54. The first-order valence-electron chi connectivity index (χ1n) is 5.50. The van der Waals surface area contributed by atoms with Crippen LogP contribution < -0.4 is 0 Å². The summed E-state index contributed by atoms with van der Waals surface area (Å²) in [5.74, 6) is 0.949. The second-order valence-electron chi connectivity index (χ2n) is 4.45. The molecule has 13 heavy (non-hydrogen) atoms. The minimum atomic E-state index is 0.864. The van der Waals surface area contributed by atoms with Gasteiger partial charge in [0.05, 0.1) is 0 Å². The highest BCUT2D eigenvalue weighted by Gasteiger charge is 2.21. The molecular weight excluding hydrogens is 226 g/mol. The van der Waals surface area contributed by atoms with Gasteiger partial charge in [-0.05, 0) is 38.8 Å². The molecular formula is C11H22BrN. The largest absolute Gasteiger partial charge is 0.303 e. The Morgan fingerprint density at radius 1 is 1.38 bits per heavy atom. The normalized spacial score (nSPS) is 29.5. The summed E-state index contributed by atoms with van der Waals surface area (Å²) >= 11 is 3.49. The quantitative estimate of drug-likeness (QED) is 0.690. The van der Waals surface area contributed by atoms with Crippen LogP contribution in [0.4, 0.5) is 0 Å². The molecule has 0 amide bonds. The summed E-state index contributed by atoms with van der Waals surface area (Å²) in [7, 11) is 2.28. The van der Waals surface area contributed by atoms with Gasteiger partial charge >= 0.3 is 0 Å². The van der Waals surface area contributed by atoms with E-state index in [1.807, 2.05) is 0 Å². The Bertz CT molecular complexity index is 138. The van der Waals surface area contributed by atoms with Gasteiger partial charge in [-0.1, -0.05) is 35.7 Å². The Morgan fingerprint density at radius 2 is 2.15 bits per heavy atom. The average molecular weight is 248 g/mol. The Labute approximate surface area is 91.0 Å². The Hall–Kier alpha value is 0.440. The van der Waals surface area contributed by atoms with Crippen molar-refractivity contribution in [3.05, 3.63) is 0 Å². The standard InChI is InChI=1S/C11H22BrN/c1-10-5-3-6-11(9-10)13(2)8-4-7-12/h10-11H,3-9H2,1-2H3. The molecule has 0 aromatic carbocycles.